The Labute approximate surface area is 104 Å². The van der Waals surface area contributed by atoms with E-state index in [0.29, 0.717) is 0 Å². The Hall–Kier alpha value is -1.85. The fourth-order valence-electron chi connectivity index (χ4n) is 2.41. The number of benzene rings is 1. The molecule has 94 valence electrons. The first-order chi connectivity index (χ1) is 8.65. The van der Waals surface area contributed by atoms with Crippen molar-refractivity contribution in [1.82, 2.24) is 4.98 Å². The summed E-state index contributed by atoms with van der Waals surface area (Å²) in [6, 6.07) is 7.15. The molecule has 0 aliphatic carbocycles. The summed E-state index contributed by atoms with van der Waals surface area (Å²) in [5.41, 5.74) is 6.96. The molecule has 0 spiro atoms. The van der Waals surface area contributed by atoms with Gasteiger partial charge in [0.15, 0.2) is 0 Å². The average molecular weight is 246 g/mol. The smallest absolute Gasteiger partial charge is 0.316 e. The molecule has 5 nitrogen and oxygen atoms in total. The SMILES string of the molecule is NC(c1c[nH]c2ccccc12)C1(C(=O)O)COC1. The van der Waals surface area contributed by atoms with E-state index in [4.69, 9.17) is 10.5 Å². The van der Waals surface area contributed by atoms with E-state index in [1.165, 1.54) is 0 Å². The Morgan fingerprint density at radius 3 is 2.78 bits per heavy atom. The maximum Gasteiger partial charge on any atom is 0.316 e. The summed E-state index contributed by atoms with van der Waals surface area (Å²) in [5, 5.41) is 10.3. The van der Waals surface area contributed by atoms with E-state index >= 15 is 0 Å². The van der Waals surface area contributed by atoms with Crippen LogP contribution in [-0.2, 0) is 9.53 Å². The number of nitrogens with one attached hydrogen (secondary N) is 1. The van der Waals surface area contributed by atoms with Gasteiger partial charge in [0.25, 0.3) is 0 Å². The van der Waals surface area contributed by atoms with Crippen LogP contribution in [0.25, 0.3) is 10.9 Å². The lowest BCUT2D eigenvalue weighted by Crippen LogP contribution is -2.55. The van der Waals surface area contributed by atoms with Crippen LogP contribution in [0.3, 0.4) is 0 Å². The van der Waals surface area contributed by atoms with Gasteiger partial charge in [0.05, 0.1) is 19.3 Å². The summed E-state index contributed by atoms with van der Waals surface area (Å²) in [6.07, 6.45) is 1.79. The first-order valence-electron chi connectivity index (χ1n) is 5.78. The van der Waals surface area contributed by atoms with Crippen molar-refractivity contribution in [2.75, 3.05) is 13.2 Å². The summed E-state index contributed by atoms with van der Waals surface area (Å²) in [4.78, 5) is 14.5. The second kappa shape index (κ2) is 3.83. The van der Waals surface area contributed by atoms with Crippen molar-refractivity contribution in [1.29, 1.82) is 0 Å². The number of hydrogen-bond acceptors (Lipinski definition) is 3. The number of hydrogen-bond donors (Lipinski definition) is 3. The number of aromatic amines is 1. The van der Waals surface area contributed by atoms with E-state index in [9.17, 15) is 9.90 Å². The zero-order valence-electron chi connectivity index (χ0n) is 9.72. The first-order valence-corrected chi connectivity index (χ1v) is 5.78. The molecule has 18 heavy (non-hydrogen) atoms. The lowest BCUT2D eigenvalue weighted by atomic mass is 9.75. The predicted octanol–water partition coefficient (Wildman–Crippen LogP) is 1.27. The highest BCUT2D eigenvalue weighted by molar-refractivity contribution is 5.85. The molecule has 1 atom stereocenters. The van der Waals surface area contributed by atoms with Crippen molar-refractivity contribution >= 4 is 16.9 Å². The number of aromatic nitrogens is 1. The number of rotatable bonds is 3. The molecule has 1 aliphatic rings. The zero-order chi connectivity index (χ0) is 12.8. The van der Waals surface area contributed by atoms with Crippen molar-refractivity contribution in [3.63, 3.8) is 0 Å². The summed E-state index contributed by atoms with van der Waals surface area (Å²) in [7, 11) is 0. The van der Waals surface area contributed by atoms with Gasteiger partial charge in [0.2, 0.25) is 0 Å². The summed E-state index contributed by atoms with van der Waals surface area (Å²) >= 11 is 0. The van der Waals surface area contributed by atoms with Gasteiger partial charge >= 0.3 is 5.97 Å². The number of H-pyrrole nitrogens is 1. The third kappa shape index (κ3) is 1.38. The van der Waals surface area contributed by atoms with Gasteiger partial charge in [-0.3, -0.25) is 4.79 Å². The molecule has 1 aromatic heterocycles. The highest BCUT2D eigenvalue weighted by Crippen LogP contribution is 2.41. The van der Waals surface area contributed by atoms with Gasteiger partial charge in [0, 0.05) is 17.1 Å². The highest BCUT2D eigenvalue weighted by Gasteiger charge is 2.52. The van der Waals surface area contributed by atoms with Crippen molar-refractivity contribution in [2.24, 2.45) is 11.1 Å². The normalized spacial score (nSPS) is 19.4. The molecule has 1 saturated heterocycles. The number of para-hydroxylation sites is 1. The quantitative estimate of drug-likeness (QED) is 0.761. The number of carboxylic acid groups (broad SMARTS) is 1. The molecule has 1 aliphatic heterocycles. The van der Waals surface area contributed by atoms with Crippen LogP contribution in [0.2, 0.25) is 0 Å². The second-order valence-corrected chi connectivity index (χ2v) is 4.72. The fourth-order valence-corrected chi connectivity index (χ4v) is 2.41. The van der Waals surface area contributed by atoms with Crippen LogP contribution in [0.5, 0.6) is 0 Å². The number of nitrogens with two attached hydrogens (primary N) is 1. The van der Waals surface area contributed by atoms with Gasteiger partial charge in [-0.05, 0) is 11.6 Å². The number of aliphatic carboxylic acids is 1. The number of fused-ring (bicyclic) bond motifs is 1. The topological polar surface area (TPSA) is 88.3 Å². The van der Waals surface area contributed by atoms with E-state index in [2.05, 4.69) is 4.98 Å². The number of carbonyl (C=O) groups is 1. The monoisotopic (exact) mass is 246 g/mol. The fraction of sp³-hybridized carbons (Fsp3) is 0.308. The molecule has 1 fully saturated rings. The summed E-state index contributed by atoms with van der Waals surface area (Å²) in [6.45, 7) is 0.339. The lowest BCUT2D eigenvalue weighted by Gasteiger charge is -2.41. The van der Waals surface area contributed by atoms with Gasteiger partial charge in [-0.25, -0.2) is 0 Å². The largest absolute Gasteiger partial charge is 0.481 e. The molecule has 0 bridgehead atoms. The molecule has 0 amide bonds. The minimum Gasteiger partial charge on any atom is -0.481 e. The van der Waals surface area contributed by atoms with E-state index < -0.39 is 17.4 Å². The number of ether oxygens (including phenoxy) is 1. The molecule has 3 rings (SSSR count). The standard InChI is InChI=1S/C13H14N2O3/c14-11(13(12(16)17)6-18-7-13)9-5-15-10-4-2-1-3-8(9)10/h1-5,11,15H,6-7,14H2,(H,16,17). The minimum absolute atomic E-state index is 0.170. The molecule has 1 aromatic carbocycles. The lowest BCUT2D eigenvalue weighted by molar-refractivity contribution is -0.184. The Balaban J connectivity index is 2.06. The Morgan fingerprint density at radius 2 is 2.17 bits per heavy atom. The maximum absolute atomic E-state index is 11.4. The zero-order valence-corrected chi connectivity index (χ0v) is 9.72. The van der Waals surface area contributed by atoms with Crippen molar-refractivity contribution < 1.29 is 14.6 Å². The van der Waals surface area contributed by atoms with Crippen molar-refractivity contribution in [3.05, 3.63) is 36.0 Å². The van der Waals surface area contributed by atoms with Gasteiger partial charge in [-0.15, -0.1) is 0 Å². The van der Waals surface area contributed by atoms with Crippen LogP contribution < -0.4 is 5.73 Å². The third-order valence-electron chi connectivity index (χ3n) is 3.70. The Kier molecular flexibility index (Phi) is 2.39. The first kappa shape index (κ1) is 11.3. The van der Waals surface area contributed by atoms with Crippen LogP contribution in [0.15, 0.2) is 30.5 Å². The highest BCUT2D eigenvalue weighted by atomic mass is 16.5. The number of carboxylic acids is 1. The van der Waals surface area contributed by atoms with Gasteiger partial charge in [-0.1, -0.05) is 18.2 Å². The van der Waals surface area contributed by atoms with Gasteiger partial charge in [-0.2, -0.15) is 0 Å². The molecule has 2 aromatic rings. The minimum atomic E-state index is -0.995. The summed E-state index contributed by atoms with van der Waals surface area (Å²) < 4.78 is 5.06. The van der Waals surface area contributed by atoms with Crippen LogP contribution in [0.1, 0.15) is 11.6 Å². The van der Waals surface area contributed by atoms with Crippen LogP contribution >= 0.6 is 0 Å². The summed E-state index contributed by atoms with van der Waals surface area (Å²) in [5.74, 6) is -0.897. The molecule has 0 radical (unpaired) electrons. The molecule has 1 unspecified atom stereocenters. The molecule has 2 heterocycles. The molecular formula is C13H14N2O3. The Morgan fingerprint density at radius 1 is 1.44 bits per heavy atom. The van der Waals surface area contributed by atoms with E-state index in [0.717, 1.165) is 16.5 Å². The molecule has 5 heteroatoms. The van der Waals surface area contributed by atoms with Crippen LogP contribution in [0.4, 0.5) is 0 Å². The van der Waals surface area contributed by atoms with Crippen LogP contribution in [0, 0.1) is 5.41 Å². The second-order valence-electron chi connectivity index (χ2n) is 4.72. The van der Waals surface area contributed by atoms with Crippen molar-refractivity contribution in [3.8, 4) is 0 Å². The molecular weight excluding hydrogens is 232 g/mol. The van der Waals surface area contributed by atoms with Crippen LogP contribution in [-0.4, -0.2) is 29.3 Å². The average Bonchev–Trinajstić information content (AvgIpc) is 2.70. The van der Waals surface area contributed by atoms with E-state index in [1.807, 2.05) is 24.3 Å². The van der Waals surface area contributed by atoms with Crippen molar-refractivity contribution in [2.45, 2.75) is 6.04 Å². The molecule has 0 saturated carbocycles. The maximum atomic E-state index is 11.4. The predicted molar refractivity (Wildman–Crippen MR) is 66.1 cm³/mol. The molecule has 4 N–H and O–H groups in total. The third-order valence-corrected chi connectivity index (χ3v) is 3.70. The van der Waals surface area contributed by atoms with Gasteiger partial charge < -0.3 is 20.6 Å². The van der Waals surface area contributed by atoms with E-state index in [1.54, 1.807) is 6.20 Å². The van der Waals surface area contributed by atoms with E-state index in [-0.39, 0.29) is 13.2 Å². The Bertz CT molecular complexity index is 601. The van der Waals surface area contributed by atoms with Gasteiger partial charge in [0.1, 0.15) is 5.41 Å².